The van der Waals surface area contributed by atoms with E-state index < -0.39 is 0 Å². The number of ketones is 2. The molecule has 0 spiro atoms. The number of aromatic nitrogens is 1. The van der Waals surface area contributed by atoms with Crippen LogP contribution in [0.4, 0.5) is 0 Å². The molecule has 0 N–H and O–H groups in total. The minimum atomic E-state index is -0.384. The van der Waals surface area contributed by atoms with Crippen LogP contribution in [-0.2, 0) is 27.9 Å². The summed E-state index contributed by atoms with van der Waals surface area (Å²) in [6, 6.07) is 0. The molecule has 1 aromatic rings. The molecule has 0 amide bonds. The van der Waals surface area contributed by atoms with Gasteiger partial charge in [-0.15, -0.1) is 0 Å². The first-order valence-corrected chi connectivity index (χ1v) is 5.54. The van der Waals surface area contributed by atoms with Gasteiger partial charge in [-0.3, -0.25) is 9.59 Å². The van der Waals surface area contributed by atoms with Crippen molar-refractivity contribution in [2.75, 3.05) is 7.11 Å². The molecule has 0 bridgehead atoms. The number of nitrogens with zero attached hydrogens (tertiary/aromatic N) is 1. The monoisotopic (exact) mass is 262 g/mol. The molecule has 0 unspecified atom stereocenters. The summed E-state index contributed by atoms with van der Waals surface area (Å²) in [6.45, 7) is 2.95. The maximum absolute atomic E-state index is 12.2. The highest BCUT2D eigenvalue weighted by Gasteiger charge is 2.34. The molecule has 0 aromatic carbocycles. The number of Topliss-reactive ketones (excluding diaryl/α,β-unsaturated/α-hetero) is 1. The molecule has 1 aliphatic carbocycles. The molecule has 99 valence electrons. The molecule has 1 aromatic heterocycles. The van der Waals surface area contributed by atoms with Gasteiger partial charge in [0.15, 0.2) is 5.76 Å². The van der Waals surface area contributed by atoms with Gasteiger partial charge in [0.1, 0.15) is 12.3 Å². The van der Waals surface area contributed by atoms with Crippen molar-refractivity contribution in [3.8, 4) is 0 Å². The second-order valence-corrected chi connectivity index (χ2v) is 4.12. The maximum atomic E-state index is 12.2. The Morgan fingerprint density at radius 3 is 2.63 bits per heavy atom. The van der Waals surface area contributed by atoms with Crippen LogP contribution in [0.3, 0.4) is 0 Å². The third-order valence-electron chi connectivity index (χ3n) is 3.26. The van der Waals surface area contributed by atoms with E-state index in [9.17, 15) is 14.4 Å². The predicted octanol–water partition coefficient (Wildman–Crippen LogP) is 0.827. The lowest BCUT2D eigenvalue weighted by Crippen LogP contribution is -2.20. The number of hydrogen-bond acceptors (Lipinski definition) is 5. The Bertz CT molecular complexity index is 609. The molecular formula is C13H12NO5. The van der Waals surface area contributed by atoms with Gasteiger partial charge < -0.3 is 14.0 Å². The van der Waals surface area contributed by atoms with Crippen molar-refractivity contribution in [2.45, 2.75) is 13.5 Å². The van der Waals surface area contributed by atoms with E-state index in [2.05, 4.69) is 4.74 Å². The fraction of sp³-hybridized carbons (Fsp3) is 0.308. The van der Waals surface area contributed by atoms with Crippen LogP contribution in [0.15, 0.2) is 11.8 Å². The second kappa shape index (κ2) is 4.72. The molecule has 6 heteroatoms. The summed E-state index contributed by atoms with van der Waals surface area (Å²) in [5.41, 5.74) is 1.71. The van der Waals surface area contributed by atoms with Crippen LogP contribution < -0.4 is 0 Å². The van der Waals surface area contributed by atoms with Crippen molar-refractivity contribution >= 4 is 18.0 Å². The molecule has 19 heavy (non-hydrogen) atoms. The van der Waals surface area contributed by atoms with Crippen LogP contribution in [0, 0.1) is 6.92 Å². The van der Waals surface area contributed by atoms with Crippen molar-refractivity contribution < 1.29 is 23.9 Å². The van der Waals surface area contributed by atoms with Crippen molar-refractivity contribution in [1.29, 1.82) is 0 Å². The smallest absolute Gasteiger partial charge is 0.417 e. The SMILES string of the molecule is COC1=CC(=O)c2c(c(CO[C]=O)c(C)n2C)C1=O. The van der Waals surface area contributed by atoms with Gasteiger partial charge in [-0.25, -0.2) is 4.79 Å². The van der Waals surface area contributed by atoms with Gasteiger partial charge in [-0.2, -0.15) is 0 Å². The average Bonchev–Trinajstić information content (AvgIpc) is 2.65. The first kappa shape index (κ1) is 13.1. The Kier molecular flexibility index (Phi) is 3.25. The zero-order valence-electron chi connectivity index (χ0n) is 10.8. The minimum absolute atomic E-state index is 0.0144. The van der Waals surface area contributed by atoms with Crippen molar-refractivity contribution in [3.63, 3.8) is 0 Å². The Labute approximate surface area is 109 Å². The second-order valence-electron chi connectivity index (χ2n) is 4.12. The summed E-state index contributed by atoms with van der Waals surface area (Å²) in [5, 5.41) is 0. The third-order valence-corrected chi connectivity index (χ3v) is 3.26. The molecule has 1 heterocycles. The van der Waals surface area contributed by atoms with E-state index in [0.717, 1.165) is 0 Å². The number of methoxy groups -OCH3 is 1. The molecule has 0 saturated heterocycles. The molecule has 0 saturated carbocycles. The summed E-state index contributed by atoms with van der Waals surface area (Å²) in [5.74, 6) is -0.705. The molecular weight excluding hydrogens is 250 g/mol. The van der Waals surface area contributed by atoms with E-state index in [1.807, 2.05) is 0 Å². The minimum Gasteiger partial charge on any atom is -0.492 e. The maximum Gasteiger partial charge on any atom is 0.417 e. The summed E-state index contributed by atoms with van der Waals surface area (Å²) in [4.78, 5) is 34.4. The number of allylic oxidation sites excluding steroid dienone is 2. The van der Waals surface area contributed by atoms with Crippen molar-refractivity contribution in [2.24, 2.45) is 7.05 Å². The van der Waals surface area contributed by atoms with Crippen LogP contribution in [0.5, 0.6) is 0 Å². The van der Waals surface area contributed by atoms with Crippen LogP contribution in [0.25, 0.3) is 0 Å². The Morgan fingerprint density at radius 2 is 2.05 bits per heavy atom. The van der Waals surface area contributed by atoms with Gasteiger partial charge in [-0.1, -0.05) is 0 Å². The van der Waals surface area contributed by atoms with Gasteiger partial charge >= 0.3 is 6.47 Å². The highest BCUT2D eigenvalue weighted by molar-refractivity contribution is 6.24. The van der Waals surface area contributed by atoms with Gasteiger partial charge in [0, 0.05) is 24.4 Å². The van der Waals surface area contributed by atoms with Gasteiger partial charge in [0.25, 0.3) is 0 Å². The van der Waals surface area contributed by atoms with Crippen LogP contribution >= 0.6 is 0 Å². The highest BCUT2D eigenvalue weighted by atomic mass is 16.5. The Morgan fingerprint density at radius 1 is 1.37 bits per heavy atom. The van der Waals surface area contributed by atoms with E-state index in [1.165, 1.54) is 19.7 Å². The summed E-state index contributed by atoms with van der Waals surface area (Å²) >= 11 is 0. The first-order chi connectivity index (χ1) is 9.02. The van der Waals surface area contributed by atoms with Crippen molar-refractivity contribution in [3.05, 3.63) is 34.3 Å². The average molecular weight is 262 g/mol. The number of fused-ring (bicyclic) bond motifs is 1. The molecule has 1 radical (unpaired) electrons. The number of hydrogen-bond donors (Lipinski definition) is 0. The van der Waals surface area contributed by atoms with E-state index >= 15 is 0 Å². The van der Waals surface area contributed by atoms with Gasteiger partial charge in [-0.05, 0) is 6.92 Å². The van der Waals surface area contributed by atoms with Crippen LogP contribution in [0.2, 0.25) is 0 Å². The number of ether oxygens (including phenoxy) is 2. The van der Waals surface area contributed by atoms with Crippen LogP contribution in [0.1, 0.15) is 32.1 Å². The Hall–Kier alpha value is -2.37. The highest BCUT2D eigenvalue weighted by Crippen LogP contribution is 2.29. The quantitative estimate of drug-likeness (QED) is 0.803. The molecule has 2 rings (SSSR count). The molecule has 0 atom stereocenters. The largest absolute Gasteiger partial charge is 0.492 e. The standard InChI is InChI=1S/C13H12NO5/c1-7-8(5-19-6-15)11-12(14(7)2)9(16)4-10(18-3)13(11)17/h4H,5H2,1-3H3. The normalized spacial score (nSPS) is 13.9. The van der Waals surface area contributed by atoms with Crippen LogP contribution in [-0.4, -0.2) is 29.7 Å². The lowest BCUT2D eigenvalue weighted by molar-refractivity contribution is 0.0912. The van der Waals surface area contributed by atoms with E-state index in [4.69, 9.17) is 4.74 Å². The number of rotatable bonds is 4. The zero-order valence-corrected chi connectivity index (χ0v) is 10.8. The topological polar surface area (TPSA) is 74.6 Å². The fourth-order valence-electron chi connectivity index (χ4n) is 2.20. The van der Waals surface area contributed by atoms with Gasteiger partial charge in [0.05, 0.1) is 12.7 Å². The van der Waals surface area contributed by atoms with Crippen molar-refractivity contribution in [1.82, 2.24) is 4.57 Å². The third kappa shape index (κ3) is 1.85. The van der Waals surface area contributed by atoms with Gasteiger partial charge in [0.2, 0.25) is 11.6 Å². The lowest BCUT2D eigenvalue weighted by atomic mass is 9.96. The van der Waals surface area contributed by atoms with E-state index in [0.29, 0.717) is 11.3 Å². The molecule has 0 aliphatic heterocycles. The summed E-state index contributed by atoms with van der Waals surface area (Å²) < 4.78 is 11.1. The first-order valence-electron chi connectivity index (χ1n) is 5.54. The lowest BCUT2D eigenvalue weighted by Gasteiger charge is -2.12. The molecule has 1 aliphatic rings. The molecule has 0 fully saturated rings. The summed E-state index contributed by atoms with van der Waals surface area (Å²) in [6.07, 6.45) is 1.17. The summed E-state index contributed by atoms with van der Waals surface area (Å²) in [7, 11) is 3.01. The number of carbonyl (C=O) groups excluding carboxylic acids is 3. The predicted molar refractivity (Wildman–Crippen MR) is 64.4 cm³/mol. The fourth-order valence-corrected chi connectivity index (χ4v) is 2.20. The van der Waals surface area contributed by atoms with E-state index in [-0.39, 0.29) is 35.2 Å². The van der Waals surface area contributed by atoms with E-state index in [1.54, 1.807) is 18.5 Å². The Balaban J connectivity index is 2.64. The zero-order chi connectivity index (χ0) is 14.2. The number of carbonyl (C=O) groups is 2. The molecule has 6 nitrogen and oxygen atoms in total.